The minimum absolute atomic E-state index is 0.181. The highest BCUT2D eigenvalue weighted by molar-refractivity contribution is 5.51. The molecule has 0 amide bonds. The van der Waals surface area contributed by atoms with E-state index in [2.05, 4.69) is 9.88 Å². The maximum Gasteiger partial charge on any atom is 0.164 e. The molecule has 0 bridgehead atoms. The molecule has 1 aromatic rings. The Balaban J connectivity index is 2.18. The first kappa shape index (κ1) is 9.24. The van der Waals surface area contributed by atoms with Gasteiger partial charge in [-0.05, 0) is 19.3 Å². The topological polar surface area (TPSA) is 42.1 Å². The van der Waals surface area contributed by atoms with Crippen molar-refractivity contribution in [1.29, 1.82) is 0 Å². The first-order valence-electron chi connectivity index (χ1n) is 4.93. The summed E-state index contributed by atoms with van der Waals surface area (Å²) in [5.41, 5.74) is 5.67. The van der Waals surface area contributed by atoms with Gasteiger partial charge in [0.1, 0.15) is 5.82 Å². The summed E-state index contributed by atoms with van der Waals surface area (Å²) in [5.74, 6) is 0.356. The maximum absolute atomic E-state index is 12.9. The molecule has 14 heavy (non-hydrogen) atoms. The van der Waals surface area contributed by atoms with Crippen LogP contribution in [0.1, 0.15) is 19.3 Å². The first-order chi connectivity index (χ1) is 6.77. The molecule has 0 aliphatic carbocycles. The van der Waals surface area contributed by atoms with Crippen LogP contribution in [0.25, 0.3) is 0 Å². The number of nitrogen functional groups attached to an aromatic ring is 1. The normalized spacial score (nSPS) is 17.1. The fraction of sp³-hybridized carbons (Fsp3) is 0.500. The molecule has 4 heteroatoms. The van der Waals surface area contributed by atoms with E-state index in [-0.39, 0.29) is 5.69 Å². The largest absolute Gasteiger partial charge is 0.396 e. The van der Waals surface area contributed by atoms with Crippen LogP contribution in [-0.4, -0.2) is 18.1 Å². The quantitative estimate of drug-likeness (QED) is 0.742. The van der Waals surface area contributed by atoms with Gasteiger partial charge in [0.25, 0.3) is 0 Å². The predicted octanol–water partition coefficient (Wildman–Crippen LogP) is 1.79. The first-order valence-corrected chi connectivity index (χ1v) is 4.93. The van der Waals surface area contributed by atoms with Crippen molar-refractivity contribution in [3.8, 4) is 0 Å². The smallest absolute Gasteiger partial charge is 0.164 e. The number of hydrogen-bond donors (Lipinski definition) is 1. The highest BCUT2D eigenvalue weighted by Crippen LogP contribution is 2.20. The molecule has 0 spiro atoms. The number of pyridine rings is 1. The van der Waals surface area contributed by atoms with Crippen LogP contribution < -0.4 is 10.6 Å². The van der Waals surface area contributed by atoms with Crippen molar-refractivity contribution in [3.05, 3.63) is 18.1 Å². The number of piperidine rings is 1. The summed E-state index contributed by atoms with van der Waals surface area (Å²) in [7, 11) is 0. The van der Waals surface area contributed by atoms with E-state index in [1.54, 1.807) is 6.07 Å². The summed E-state index contributed by atoms with van der Waals surface area (Å²) in [5, 5.41) is 0. The number of nitrogens with two attached hydrogens (primary N) is 1. The Morgan fingerprint density at radius 1 is 1.29 bits per heavy atom. The van der Waals surface area contributed by atoms with Crippen LogP contribution in [0.3, 0.4) is 0 Å². The summed E-state index contributed by atoms with van der Waals surface area (Å²) in [6.07, 6.45) is 4.82. The third-order valence-electron chi connectivity index (χ3n) is 2.55. The fourth-order valence-corrected chi connectivity index (χ4v) is 1.74. The molecule has 1 saturated heterocycles. The number of aromatic nitrogens is 1. The lowest BCUT2D eigenvalue weighted by atomic mass is 10.1. The van der Waals surface area contributed by atoms with E-state index in [1.807, 2.05) is 0 Å². The lowest BCUT2D eigenvalue weighted by Crippen LogP contribution is -2.30. The fourth-order valence-electron chi connectivity index (χ4n) is 1.74. The van der Waals surface area contributed by atoms with Gasteiger partial charge in [0.15, 0.2) is 5.82 Å². The molecule has 3 nitrogen and oxygen atoms in total. The van der Waals surface area contributed by atoms with Gasteiger partial charge in [-0.2, -0.15) is 0 Å². The van der Waals surface area contributed by atoms with E-state index in [0.29, 0.717) is 0 Å². The zero-order valence-corrected chi connectivity index (χ0v) is 8.04. The van der Waals surface area contributed by atoms with Crippen LogP contribution in [0.15, 0.2) is 12.3 Å². The number of hydrogen-bond acceptors (Lipinski definition) is 3. The van der Waals surface area contributed by atoms with Crippen LogP contribution in [0.4, 0.5) is 15.9 Å². The van der Waals surface area contributed by atoms with Crippen LogP contribution in [0.2, 0.25) is 0 Å². The van der Waals surface area contributed by atoms with Crippen molar-refractivity contribution < 1.29 is 4.39 Å². The van der Waals surface area contributed by atoms with E-state index in [4.69, 9.17) is 5.73 Å². The molecule has 1 fully saturated rings. The summed E-state index contributed by atoms with van der Waals surface area (Å²) >= 11 is 0. The molecule has 1 aliphatic rings. The average molecular weight is 195 g/mol. The Morgan fingerprint density at radius 3 is 2.64 bits per heavy atom. The third-order valence-corrected chi connectivity index (χ3v) is 2.55. The van der Waals surface area contributed by atoms with Gasteiger partial charge >= 0.3 is 0 Å². The molecule has 0 atom stereocenters. The van der Waals surface area contributed by atoms with E-state index in [0.717, 1.165) is 18.9 Å². The number of anilines is 2. The Kier molecular flexibility index (Phi) is 2.52. The number of nitrogens with zero attached hydrogens (tertiary/aromatic N) is 2. The second-order valence-corrected chi connectivity index (χ2v) is 3.61. The van der Waals surface area contributed by atoms with E-state index in [1.165, 1.54) is 25.5 Å². The van der Waals surface area contributed by atoms with Gasteiger partial charge in [-0.3, -0.25) is 0 Å². The molecule has 76 valence electrons. The van der Waals surface area contributed by atoms with Gasteiger partial charge in [0.05, 0.1) is 11.9 Å². The van der Waals surface area contributed by atoms with Gasteiger partial charge in [0.2, 0.25) is 0 Å². The molecule has 0 unspecified atom stereocenters. The van der Waals surface area contributed by atoms with Gasteiger partial charge in [0, 0.05) is 19.2 Å². The molecule has 0 saturated carbocycles. The van der Waals surface area contributed by atoms with Crippen LogP contribution in [0.5, 0.6) is 0 Å². The van der Waals surface area contributed by atoms with Crippen molar-refractivity contribution in [2.24, 2.45) is 0 Å². The monoisotopic (exact) mass is 195 g/mol. The molecule has 2 heterocycles. The molecule has 0 aromatic carbocycles. The van der Waals surface area contributed by atoms with E-state index >= 15 is 0 Å². The van der Waals surface area contributed by atoms with Gasteiger partial charge in [-0.1, -0.05) is 0 Å². The Hall–Kier alpha value is -1.32. The Morgan fingerprint density at radius 2 is 2.00 bits per heavy atom. The zero-order chi connectivity index (χ0) is 9.97. The number of halogens is 1. The molecule has 2 rings (SSSR count). The second-order valence-electron chi connectivity index (χ2n) is 3.61. The lowest BCUT2D eigenvalue weighted by Gasteiger charge is -2.27. The highest BCUT2D eigenvalue weighted by Gasteiger charge is 2.12. The van der Waals surface area contributed by atoms with Crippen LogP contribution in [0, 0.1) is 5.82 Å². The van der Waals surface area contributed by atoms with Crippen molar-refractivity contribution in [2.45, 2.75) is 19.3 Å². The zero-order valence-electron chi connectivity index (χ0n) is 8.04. The van der Waals surface area contributed by atoms with Gasteiger partial charge < -0.3 is 10.6 Å². The molecular formula is C10H14FN3. The van der Waals surface area contributed by atoms with Crippen molar-refractivity contribution >= 4 is 11.5 Å². The summed E-state index contributed by atoms with van der Waals surface area (Å²) in [6, 6.07) is 1.61. The molecule has 1 aromatic heterocycles. The van der Waals surface area contributed by atoms with E-state index in [9.17, 15) is 4.39 Å². The van der Waals surface area contributed by atoms with E-state index < -0.39 is 5.82 Å². The lowest BCUT2D eigenvalue weighted by molar-refractivity contribution is 0.571. The van der Waals surface area contributed by atoms with Crippen molar-refractivity contribution in [3.63, 3.8) is 0 Å². The van der Waals surface area contributed by atoms with Crippen LogP contribution in [-0.2, 0) is 0 Å². The Labute approximate surface area is 82.7 Å². The highest BCUT2D eigenvalue weighted by atomic mass is 19.1. The molecule has 2 N–H and O–H groups in total. The predicted molar refractivity (Wildman–Crippen MR) is 54.7 cm³/mol. The molecular weight excluding hydrogens is 181 g/mol. The van der Waals surface area contributed by atoms with Crippen molar-refractivity contribution in [1.82, 2.24) is 4.98 Å². The second kappa shape index (κ2) is 3.82. The van der Waals surface area contributed by atoms with Crippen molar-refractivity contribution in [2.75, 3.05) is 23.7 Å². The summed E-state index contributed by atoms with van der Waals surface area (Å²) in [6.45, 7) is 2.00. The Bertz CT molecular complexity index is 321. The standard InChI is InChI=1S/C10H14FN3/c11-8-7-13-10(6-9(8)12)14-4-2-1-3-5-14/h6-7H,1-5H2,(H2,12,13). The van der Waals surface area contributed by atoms with Gasteiger partial charge in [-0.15, -0.1) is 0 Å². The average Bonchev–Trinajstić information content (AvgIpc) is 2.23. The van der Waals surface area contributed by atoms with Gasteiger partial charge in [-0.25, -0.2) is 9.37 Å². The number of rotatable bonds is 1. The molecule has 0 radical (unpaired) electrons. The SMILES string of the molecule is Nc1cc(N2CCCCC2)ncc1F. The van der Waals surface area contributed by atoms with Crippen LogP contribution >= 0.6 is 0 Å². The molecule has 1 aliphatic heterocycles. The third kappa shape index (κ3) is 1.78. The minimum Gasteiger partial charge on any atom is -0.396 e. The minimum atomic E-state index is -0.439. The summed E-state index contributed by atoms with van der Waals surface area (Å²) < 4.78 is 12.9. The maximum atomic E-state index is 12.9. The summed E-state index contributed by atoms with van der Waals surface area (Å²) in [4.78, 5) is 6.19.